The van der Waals surface area contributed by atoms with Gasteiger partial charge in [-0.2, -0.15) is 13.2 Å². The molecule has 0 unspecified atom stereocenters. The normalized spacial score (nSPS) is 11.8. The fourth-order valence-electron chi connectivity index (χ4n) is 1.31. The van der Waals surface area contributed by atoms with Crippen molar-refractivity contribution in [1.82, 2.24) is 0 Å². The van der Waals surface area contributed by atoms with E-state index in [1.54, 1.807) is 0 Å². The molecule has 2 nitrogen and oxygen atoms in total. The lowest BCUT2D eigenvalue weighted by Crippen LogP contribution is -2.07. The highest BCUT2D eigenvalue weighted by Crippen LogP contribution is 2.36. The molecule has 0 saturated heterocycles. The molecule has 0 atom stereocenters. The first-order valence-corrected chi connectivity index (χ1v) is 4.84. The third-order valence-electron chi connectivity index (χ3n) is 2.07. The molecule has 92 valence electrons. The highest BCUT2D eigenvalue weighted by atomic mass is 19.4. The molecule has 1 aromatic rings. The van der Waals surface area contributed by atoms with E-state index in [0.29, 0.717) is 11.8 Å². The minimum absolute atomic E-state index is 0.174. The zero-order valence-corrected chi connectivity index (χ0v) is 9.12. The van der Waals surface area contributed by atoms with Crippen LogP contribution in [0.5, 0.6) is 5.75 Å². The number of benzene rings is 1. The van der Waals surface area contributed by atoms with Crippen LogP contribution in [0.4, 0.5) is 13.2 Å². The largest absolute Gasteiger partial charge is 0.496 e. The smallest absolute Gasteiger partial charge is 0.419 e. The van der Waals surface area contributed by atoms with Crippen molar-refractivity contribution in [2.45, 2.75) is 12.6 Å². The van der Waals surface area contributed by atoms with E-state index < -0.39 is 11.7 Å². The molecule has 0 bridgehead atoms. The van der Waals surface area contributed by atoms with Crippen LogP contribution in [-0.2, 0) is 11.0 Å². The lowest BCUT2D eigenvalue weighted by molar-refractivity contribution is -0.138. The second-order valence-corrected chi connectivity index (χ2v) is 3.26. The lowest BCUT2D eigenvalue weighted by Gasteiger charge is -2.12. The third-order valence-corrected chi connectivity index (χ3v) is 2.07. The van der Waals surface area contributed by atoms with Gasteiger partial charge < -0.3 is 9.53 Å². The monoisotopic (exact) mass is 244 g/mol. The van der Waals surface area contributed by atoms with E-state index in [2.05, 4.69) is 4.74 Å². The molecule has 0 amide bonds. The van der Waals surface area contributed by atoms with Gasteiger partial charge in [-0.1, -0.05) is 18.2 Å². The van der Waals surface area contributed by atoms with Crippen molar-refractivity contribution in [3.63, 3.8) is 0 Å². The number of halogens is 3. The van der Waals surface area contributed by atoms with Crippen LogP contribution >= 0.6 is 0 Å². The van der Waals surface area contributed by atoms with Crippen molar-refractivity contribution in [2.75, 3.05) is 7.11 Å². The standard InChI is InChI=1S/C12H11F3O2/c1-17-11-6-5-9(4-2-3-7-16)8-10(11)12(13,14)15/h2,4-8H,3H2,1H3. The first-order valence-electron chi connectivity index (χ1n) is 4.84. The van der Waals surface area contributed by atoms with Crippen molar-refractivity contribution >= 4 is 12.4 Å². The van der Waals surface area contributed by atoms with Gasteiger partial charge >= 0.3 is 6.18 Å². The summed E-state index contributed by atoms with van der Waals surface area (Å²) in [5.41, 5.74) is -0.451. The van der Waals surface area contributed by atoms with Gasteiger partial charge in [0.15, 0.2) is 0 Å². The maximum atomic E-state index is 12.6. The molecule has 17 heavy (non-hydrogen) atoms. The molecule has 0 spiro atoms. The maximum Gasteiger partial charge on any atom is 0.419 e. The summed E-state index contributed by atoms with van der Waals surface area (Å²) < 4.78 is 42.6. The van der Waals surface area contributed by atoms with E-state index in [1.807, 2.05) is 0 Å². The highest BCUT2D eigenvalue weighted by Gasteiger charge is 2.34. The second kappa shape index (κ2) is 5.52. The molecule has 0 aromatic heterocycles. The van der Waals surface area contributed by atoms with Gasteiger partial charge in [0.05, 0.1) is 12.7 Å². The van der Waals surface area contributed by atoms with Crippen molar-refractivity contribution in [2.24, 2.45) is 0 Å². The Balaban J connectivity index is 3.09. The highest BCUT2D eigenvalue weighted by molar-refractivity contribution is 5.59. The number of carbonyl (C=O) groups excluding carboxylic acids is 1. The van der Waals surface area contributed by atoms with E-state index >= 15 is 0 Å². The molecule has 0 saturated carbocycles. The van der Waals surface area contributed by atoms with Crippen LogP contribution in [0.2, 0.25) is 0 Å². The number of hydrogen-bond donors (Lipinski definition) is 0. The Morgan fingerprint density at radius 3 is 2.59 bits per heavy atom. The fourth-order valence-corrected chi connectivity index (χ4v) is 1.31. The summed E-state index contributed by atoms with van der Waals surface area (Å²) in [5, 5.41) is 0. The molecule has 0 radical (unpaired) electrons. The molecule has 0 fully saturated rings. The number of ether oxygens (including phenoxy) is 1. The van der Waals surface area contributed by atoms with Gasteiger partial charge in [-0.3, -0.25) is 0 Å². The van der Waals surface area contributed by atoms with E-state index in [1.165, 1.54) is 31.4 Å². The Hall–Kier alpha value is -1.78. The number of aldehydes is 1. The zero-order valence-electron chi connectivity index (χ0n) is 9.12. The van der Waals surface area contributed by atoms with E-state index in [-0.39, 0.29) is 12.2 Å². The predicted molar refractivity (Wildman–Crippen MR) is 57.7 cm³/mol. The molecular formula is C12H11F3O2. The Morgan fingerprint density at radius 1 is 1.35 bits per heavy atom. The minimum atomic E-state index is -4.46. The molecule has 0 aliphatic rings. The number of carbonyl (C=O) groups is 1. The zero-order chi connectivity index (χ0) is 12.9. The summed E-state index contributed by atoms with van der Waals surface area (Å²) in [6, 6.07) is 3.74. The van der Waals surface area contributed by atoms with Gasteiger partial charge in [-0.05, 0) is 17.7 Å². The van der Waals surface area contributed by atoms with Gasteiger partial charge in [0.2, 0.25) is 0 Å². The molecule has 1 rings (SSSR count). The van der Waals surface area contributed by atoms with Crippen molar-refractivity contribution in [3.05, 3.63) is 35.4 Å². The van der Waals surface area contributed by atoms with Gasteiger partial charge in [0.1, 0.15) is 12.0 Å². The molecule has 1 aromatic carbocycles. The van der Waals surface area contributed by atoms with Crippen LogP contribution in [0, 0.1) is 0 Å². The van der Waals surface area contributed by atoms with Gasteiger partial charge in [-0.25, -0.2) is 0 Å². The minimum Gasteiger partial charge on any atom is -0.496 e. The summed E-state index contributed by atoms with van der Waals surface area (Å²) in [4.78, 5) is 10.1. The third kappa shape index (κ3) is 3.62. The van der Waals surface area contributed by atoms with Crippen LogP contribution in [-0.4, -0.2) is 13.4 Å². The number of methoxy groups -OCH3 is 1. The summed E-state index contributed by atoms with van der Waals surface area (Å²) >= 11 is 0. The number of alkyl halides is 3. The first kappa shape index (κ1) is 13.3. The van der Waals surface area contributed by atoms with Crippen LogP contribution in [0.3, 0.4) is 0 Å². The van der Waals surface area contributed by atoms with Crippen LogP contribution in [0.25, 0.3) is 6.08 Å². The SMILES string of the molecule is COc1ccc(C=CCC=O)cc1C(F)(F)F. The van der Waals surface area contributed by atoms with Crippen molar-refractivity contribution < 1.29 is 22.7 Å². The molecular weight excluding hydrogens is 233 g/mol. The van der Waals surface area contributed by atoms with E-state index in [4.69, 9.17) is 0 Å². The van der Waals surface area contributed by atoms with Crippen LogP contribution in [0.1, 0.15) is 17.5 Å². The predicted octanol–water partition coefficient (Wildman–Crippen LogP) is 3.32. The van der Waals surface area contributed by atoms with Gasteiger partial charge in [0, 0.05) is 6.42 Å². The molecule has 0 aliphatic heterocycles. The summed E-state index contributed by atoms with van der Waals surface area (Å²) in [6.45, 7) is 0. The average Bonchev–Trinajstić information content (AvgIpc) is 2.28. The number of allylic oxidation sites excluding steroid dienone is 1. The summed E-state index contributed by atoms with van der Waals surface area (Å²) in [7, 11) is 1.19. The Morgan fingerprint density at radius 2 is 2.06 bits per heavy atom. The van der Waals surface area contributed by atoms with Gasteiger partial charge in [0.25, 0.3) is 0 Å². The lowest BCUT2D eigenvalue weighted by atomic mass is 10.1. The van der Waals surface area contributed by atoms with Crippen LogP contribution < -0.4 is 4.74 Å². The van der Waals surface area contributed by atoms with Gasteiger partial charge in [-0.15, -0.1) is 0 Å². The first-order chi connectivity index (χ1) is 7.99. The average molecular weight is 244 g/mol. The fraction of sp³-hybridized carbons (Fsp3) is 0.250. The molecule has 0 N–H and O–H groups in total. The van der Waals surface area contributed by atoms with Crippen molar-refractivity contribution in [1.29, 1.82) is 0 Å². The Labute approximate surface area is 96.7 Å². The topological polar surface area (TPSA) is 26.3 Å². The second-order valence-electron chi connectivity index (χ2n) is 3.26. The summed E-state index contributed by atoms with van der Waals surface area (Å²) in [6.07, 6.45) is -0.657. The number of rotatable bonds is 4. The molecule has 0 aliphatic carbocycles. The Kier molecular flexibility index (Phi) is 4.31. The van der Waals surface area contributed by atoms with E-state index in [9.17, 15) is 18.0 Å². The molecule has 0 heterocycles. The maximum absolute atomic E-state index is 12.6. The molecule has 5 heteroatoms. The quantitative estimate of drug-likeness (QED) is 0.759. The van der Waals surface area contributed by atoms with Crippen LogP contribution in [0.15, 0.2) is 24.3 Å². The number of hydrogen-bond acceptors (Lipinski definition) is 2. The summed E-state index contributed by atoms with van der Waals surface area (Å²) in [5.74, 6) is -0.218. The van der Waals surface area contributed by atoms with E-state index in [0.717, 1.165) is 6.07 Å². The van der Waals surface area contributed by atoms with Crippen molar-refractivity contribution in [3.8, 4) is 5.75 Å². The Bertz CT molecular complexity index is 422.